The summed E-state index contributed by atoms with van der Waals surface area (Å²) in [6, 6.07) is 68.6. The van der Waals surface area contributed by atoms with Gasteiger partial charge in [-0.25, -0.2) is 4.99 Å². The van der Waals surface area contributed by atoms with Gasteiger partial charge in [0.25, 0.3) is 0 Å². The monoisotopic (exact) mass is 731 g/mol. The molecule has 0 bridgehead atoms. The fourth-order valence-corrected chi connectivity index (χ4v) is 9.50. The van der Waals surface area contributed by atoms with E-state index in [0.29, 0.717) is 5.92 Å². The van der Waals surface area contributed by atoms with Crippen LogP contribution in [0.25, 0.3) is 66.2 Å². The summed E-state index contributed by atoms with van der Waals surface area (Å²) in [5, 5.41) is 5.06. The zero-order valence-corrected chi connectivity index (χ0v) is 31.9. The maximum Gasteiger partial charge on any atom is 0.110 e. The second kappa shape index (κ2) is 13.6. The predicted molar refractivity (Wildman–Crippen MR) is 240 cm³/mol. The molecule has 2 unspecified atom stereocenters. The molecule has 0 fully saturated rings. The maximum absolute atomic E-state index is 5.63. The number of aliphatic imine (C=N–C) groups is 1. The lowest BCUT2D eigenvalue weighted by Crippen LogP contribution is -2.34. The van der Waals surface area contributed by atoms with Gasteiger partial charge in [0.15, 0.2) is 0 Å². The molecule has 9 aromatic rings. The molecule has 2 aliphatic heterocycles. The van der Waals surface area contributed by atoms with Gasteiger partial charge in [-0.05, 0) is 68.8 Å². The van der Waals surface area contributed by atoms with E-state index in [0.717, 1.165) is 35.7 Å². The fraction of sp³-hybridized carbons (Fsp3) is 0.0926. The van der Waals surface area contributed by atoms with E-state index in [9.17, 15) is 0 Å². The Labute approximate surface area is 333 Å². The smallest absolute Gasteiger partial charge is 0.110 e. The third kappa shape index (κ3) is 5.61. The largest absolute Gasteiger partial charge is 0.325 e. The highest BCUT2D eigenvalue weighted by atomic mass is 15.2. The van der Waals surface area contributed by atoms with E-state index in [1.807, 2.05) is 0 Å². The number of fused-ring (bicyclic) bond motifs is 8. The summed E-state index contributed by atoms with van der Waals surface area (Å²) >= 11 is 0. The SMILES string of the molecule is CC1CC(N2Cc3c(ccc4c5ccccc5n(-c5ccc(-c6cccc7ccccc67)cc5)c34)-c3ccccc32)=NC(c2ccccc2)=CC1c1ccccc1. The minimum Gasteiger partial charge on any atom is -0.325 e. The number of nitrogens with zero attached hydrogens (tertiary/aromatic N) is 3. The van der Waals surface area contributed by atoms with Crippen molar-refractivity contribution < 1.29 is 0 Å². The van der Waals surface area contributed by atoms with Crippen molar-refractivity contribution in [2.24, 2.45) is 10.9 Å². The summed E-state index contributed by atoms with van der Waals surface area (Å²) in [6.45, 7) is 3.11. The molecular weight excluding hydrogens is 691 g/mol. The van der Waals surface area contributed by atoms with Crippen molar-refractivity contribution in [3.63, 3.8) is 0 Å². The van der Waals surface area contributed by atoms with E-state index < -0.39 is 0 Å². The van der Waals surface area contributed by atoms with Crippen LogP contribution in [0.15, 0.2) is 199 Å². The van der Waals surface area contributed by atoms with E-state index in [2.05, 4.69) is 211 Å². The van der Waals surface area contributed by atoms with Crippen molar-refractivity contribution in [1.82, 2.24) is 4.57 Å². The number of para-hydroxylation sites is 2. The van der Waals surface area contributed by atoms with Crippen LogP contribution in [0, 0.1) is 5.92 Å². The van der Waals surface area contributed by atoms with Gasteiger partial charge in [-0.2, -0.15) is 0 Å². The zero-order valence-electron chi connectivity index (χ0n) is 31.9. The van der Waals surface area contributed by atoms with E-state index >= 15 is 0 Å². The number of amidine groups is 1. The van der Waals surface area contributed by atoms with Gasteiger partial charge in [0.05, 0.1) is 29.0 Å². The highest BCUT2D eigenvalue weighted by Crippen LogP contribution is 2.47. The summed E-state index contributed by atoms with van der Waals surface area (Å²) < 4.78 is 2.50. The molecule has 0 saturated carbocycles. The van der Waals surface area contributed by atoms with E-state index in [1.165, 1.54) is 71.6 Å². The minimum atomic E-state index is 0.237. The molecular formula is C54H41N3. The summed E-state index contributed by atoms with van der Waals surface area (Å²) in [5.41, 5.74) is 14.7. The molecule has 0 N–H and O–H groups in total. The highest BCUT2D eigenvalue weighted by Gasteiger charge is 2.32. The fourth-order valence-electron chi connectivity index (χ4n) is 9.50. The lowest BCUT2D eigenvalue weighted by Gasteiger charge is -2.35. The highest BCUT2D eigenvalue weighted by molar-refractivity contribution is 6.14. The molecule has 11 rings (SSSR count). The molecule has 3 heteroatoms. The van der Waals surface area contributed by atoms with Crippen LogP contribution in [0.3, 0.4) is 0 Å². The van der Waals surface area contributed by atoms with Crippen LogP contribution in [0.1, 0.15) is 36.0 Å². The molecule has 8 aromatic carbocycles. The van der Waals surface area contributed by atoms with E-state index in [1.54, 1.807) is 0 Å². The predicted octanol–water partition coefficient (Wildman–Crippen LogP) is 13.9. The van der Waals surface area contributed by atoms with Crippen LogP contribution in [-0.4, -0.2) is 10.4 Å². The number of hydrogen-bond acceptors (Lipinski definition) is 2. The van der Waals surface area contributed by atoms with Crippen LogP contribution in [0.4, 0.5) is 5.69 Å². The Kier molecular flexibility index (Phi) is 7.99. The number of hydrogen-bond donors (Lipinski definition) is 0. The Morgan fingerprint density at radius 1 is 0.526 bits per heavy atom. The molecule has 0 radical (unpaired) electrons. The lowest BCUT2D eigenvalue weighted by molar-refractivity contribution is 0.544. The molecule has 3 nitrogen and oxygen atoms in total. The third-order valence-electron chi connectivity index (χ3n) is 12.2. The van der Waals surface area contributed by atoms with Crippen LogP contribution in [0.5, 0.6) is 0 Å². The van der Waals surface area contributed by atoms with Crippen molar-refractivity contribution in [3.8, 4) is 27.9 Å². The first-order valence-corrected chi connectivity index (χ1v) is 20.1. The first kappa shape index (κ1) is 33.4. The Balaban J connectivity index is 1.08. The Hall–Kier alpha value is -6.97. The van der Waals surface area contributed by atoms with Gasteiger partial charge in [-0.1, -0.05) is 177 Å². The van der Waals surface area contributed by atoms with Gasteiger partial charge in [0.2, 0.25) is 0 Å². The molecule has 57 heavy (non-hydrogen) atoms. The molecule has 3 heterocycles. The zero-order chi connectivity index (χ0) is 37.9. The number of benzene rings is 8. The standard InChI is InChI=1S/C54H41N3/c1-36-33-53(55-50(40-18-6-3-7-19-40)34-48(36)38-15-4-2-5-16-38)56-35-49-44(45-22-10-12-25-51(45)56)31-32-47-46-23-11-13-26-52(46)57(54(47)49)41-29-27-39(28-30-41)43-24-14-20-37-17-8-9-21-42(37)43/h2-32,34,36,48H,33,35H2,1H3. The molecule has 1 aromatic heterocycles. The van der Waals surface area contributed by atoms with Crippen molar-refractivity contribution in [2.75, 3.05) is 4.90 Å². The summed E-state index contributed by atoms with van der Waals surface area (Å²) in [6.07, 6.45) is 3.26. The van der Waals surface area contributed by atoms with Gasteiger partial charge < -0.3 is 9.47 Å². The number of allylic oxidation sites excluding steroid dienone is 1. The summed E-state index contributed by atoms with van der Waals surface area (Å²) in [4.78, 5) is 8.15. The van der Waals surface area contributed by atoms with Crippen LogP contribution < -0.4 is 4.90 Å². The second-order valence-corrected chi connectivity index (χ2v) is 15.6. The maximum atomic E-state index is 5.63. The van der Waals surface area contributed by atoms with Crippen molar-refractivity contribution >= 4 is 49.8 Å². The van der Waals surface area contributed by atoms with Crippen LogP contribution in [0.2, 0.25) is 0 Å². The molecule has 0 aliphatic carbocycles. The van der Waals surface area contributed by atoms with Crippen molar-refractivity contribution in [3.05, 3.63) is 211 Å². The lowest BCUT2D eigenvalue weighted by atomic mass is 9.84. The average molecular weight is 732 g/mol. The van der Waals surface area contributed by atoms with Gasteiger partial charge in [-0.15, -0.1) is 0 Å². The van der Waals surface area contributed by atoms with Crippen LogP contribution >= 0.6 is 0 Å². The topological polar surface area (TPSA) is 20.5 Å². The Morgan fingerprint density at radius 3 is 2.05 bits per heavy atom. The molecule has 0 amide bonds. The third-order valence-corrected chi connectivity index (χ3v) is 12.2. The van der Waals surface area contributed by atoms with Gasteiger partial charge in [0.1, 0.15) is 5.84 Å². The average Bonchev–Trinajstić information content (AvgIpc) is 3.51. The number of aromatic nitrogens is 1. The Bertz CT molecular complexity index is 3020. The van der Waals surface area contributed by atoms with Gasteiger partial charge in [-0.3, -0.25) is 0 Å². The molecule has 0 saturated heterocycles. The molecule has 0 spiro atoms. The van der Waals surface area contributed by atoms with Crippen molar-refractivity contribution in [2.45, 2.75) is 25.8 Å². The number of rotatable bonds is 4. The molecule has 272 valence electrons. The summed E-state index contributed by atoms with van der Waals surface area (Å²) in [5.74, 6) is 1.68. The van der Waals surface area contributed by atoms with Crippen molar-refractivity contribution in [1.29, 1.82) is 0 Å². The van der Waals surface area contributed by atoms with E-state index in [4.69, 9.17) is 4.99 Å². The Morgan fingerprint density at radius 2 is 1.21 bits per heavy atom. The first-order valence-electron chi connectivity index (χ1n) is 20.1. The second-order valence-electron chi connectivity index (χ2n) is 15.6. The minimum absolute atomic E-state index is 0.237. The van der Waals surface area contributed by atoms with Gasteiger partial charge in [0, 0.05) is 39.9 Å². The summed E-state index contributed by atoms with van der Waals surface area (Å²) in [7, 11) is 0. The molecule has 2 aliphatic rings. The van der Waals surface area contributed by atoms with Gasteiger partial charge >= 0.3 is 0 Å². The first-order chi connectivity index (χ1) is 28.2. The van der Waals surface area contributed by atoms with E-state index in [-0.39, 0.29) is 5.92 Å². The number of anilines is 1. The normalized spacial score (nSPS) is 16.5. The van der Waals surface area contributed by atoms with Crippen LogP contribution in [-0.2, 0) is 6.54 Å². The quantitative estimate of drug-likeness (QED) is 0.176. The molecule has 2 atom stereocenters.